The van der Waals surface area contributed by atoms with Crippen LogP contribution in [0.25, 0.3) is 11.1 Å². The Bertz CT molecular complexity index is 1340. The van der Waals surface area contributed by atoms with Gasteiger partial charge < -0.3 is 23.7 Å². The Balaban J connectivity index is 1.68. The van der Waals surface area contributed by atoms with Crippen LogP contribution in [0.2, 0.25) is 0 Å². The highest BCUT2D eigenvalue weighted by Gasteiger charge is 2.38. The molecule has 0 spiro atoms. The fourth-order valence-corrected chi connectivity index (χ4v) is 4.02. The molecule has 0 bridgehead atoms. The molecule has 7 nitrogen and oxygen atoms in total. The van der Waals surface area contributed by atoms with Crippen LogP contribution in [-0.4, -0.2) is 40.0 Å². The lowest BCUT2D eigenvalue weighted by Gasteiger charge is -2.23. The van der Waals surface area contributed by atoms with Crippen LogP contribution in [0.15, 0.2) is 84.3 Å². The Morgan fingerprint density at radius 1 is 0.583 bits per heavy atom. The van der Waals surface area contributed by atoms with Crippen molar-refractivity contribution in [3.8, 4) is 17.2 Å². The molecule has 184 valence electrons. The minimum absolute atomic E-state index is 0.0662. The summed E-state index contributed by atoms with van der Waals surface area (Å²) >= 11 is 0. The van der Waals surface area contributed by atoms with E-state index in [-0.39, 0.29) is 22.7 Å². The second-order valence-corrected chi connectivity index (χ2v) is 7.84. The van der Waals surface area contributed by atoms with Crippen molar-refractivity contribution in [1.29, 1.82) is 0 Å². The number of rotatable bonds is 9. The molecule has 3 aromatic carbocycles. The molecule has 1 aliphatic carbocycles. The maximum absolute atomic E-state index is 13.6. The van der Waals surface area contributed by atoms with Crippen LogP contribution in [0.4, 0.5) is 0 Å². The zero-order valence-electron chi connectivity index (χ0n) is 20.5. The summed E-state index contributed by atoms with van der Waals surface area (Å²) in [4.78, 5) is 27.1. The molecule has 0 amide bonds. The van der Waals surface area contributed by atoms with Gasteiger partial charge in [0.15, 0.2) is 23.0 Å². The summed E-state index contributed by atoms with van der Waals surface area (Å²) < 4.78 is 27.4. The number of carbonyl (C=O) groups excluding carboxylic acids is 2. The van der Waals surface area contributed by atoms with Crippen molar-refractivity contribution in [2.24, 2.45) is 0 Å². The number of ketones is 2. The third kappa shape index (κ3) is 4.68. The van der Waals surface area contributed by atoms with Gasteiger partial charge in [-0.25, -0.2) is 0 Å². The van der Waals surface area contributed by atoms with E-state index in [1.807, 2.05) is 30.3 Å². The summed E-state index contributed by atoms with van der Waals surface area (Å²) in [6, 6.07) is 21.7. The first-order valence-electron chi connectivity index (χ1n) is 11.2. The maximum atomic E-state index is 13.6. The maximum Gasteiger partial charge on any atom is 0.232 e. The quantitative estimate of drug-likeness (QED) is 0.400. The van der Waals surface area contributed by atoms with Crippen LogP contribution in [0.3, 0.4) is 0 Å². The molecule has 0 aliphatic heterocycles. The second kappa shape index (κ2) is 10.8. The molecule has 7 heteroatoms. The lowest BCUT2D eigenvalue weighted by molar-refractivity contribution is -0.117. The molecule has 0 radical (unpaired) electrons. The van der Waals surface area contributed by atoms with Crippen molar-refractivity contribution in [3.05, 3.63) is 101 Å². The Hall–Kier alpha value is -4.52. The topological polar surface area (TPSA) is 80.3 Å². The van der Waals surface area contributed by atoms with E-state index >= 15 is 0 Å². The van der Waals surface area contributed by atoms with Crippen molar-refractivity contribution >= 4 is 22.7 Å². The van der Waals surface area contributed by atoms with Gasteiger partial charge in [0.25, 0.3) is 0 Å². The molecular formula is C29H26O7. The number of methoxy groups -OCH3 is 4. The van der Waals surface area contributed by atoms with E-state index in [1.54, 1.807) is 42.5 Å². The molecule has 1 aliphatic rings. The number of carbonyl (C=O) groups is 2. The summed E-state index contributed by atoms with van der Waals surface area (Å²) in [5.41, 5.74) is 2.21. The van der Waals surface area contributed by atoms with E-state index in [1.165, 1.54) is 28.4 Å². The van der Waals surface area contributed by atoms with Gasteiger partial charge >= 0.3 is 0 Å². The van der Waals surface area contributed by atoms with Crippen LogP contribution < -0.4 is 14.2 Å². The monoisotopic (exact) mass is 486 g/mol. The van der Waals surface area contributed by atoms with Crippen LogP contribution >= 0.6 is 0 Å². The van der Waals surface area contributed by atoms with E-state index in [9.17, 15) is 9.59 Å². The molecule has 0 atom stereocenters. The average molecular weight is 487 g/mol. The second-order valence-electron chi connectivity index (χ2n) is 7.84. The Labute approximate surface area is 209 Å². The highest BCUT2D eigenvalue weighted by Crippen LogP contribution is 2.39. The summed E-state index contributed by atoms with van der Waals surface area (Å²) in [6.07, 6.45) is 0. The highest BCUT2D eigenvalue weighted by atomic mass is 16.5. The van der Waals surface area contributed by atoms with E-state index in [4.69, 9.17) is 23.7 Å². The van der Waals surface area contributed by atoms with E-state index in [2.05, 4.69) is 0 Å². The standard InChI is InChI=1S/C29H26O7/c1-32-22-15-12-20(16-23(22)33-2)25-27(31)28(34-3)24(26(30)29(25)35-4)19-10-13-21(14-11-19)36-17-18-8-6-5-7-9-18/h5-16H,17H2,1-4H3. The van der Waals surface area contributed by atoms with Gasteiger partial charge in [0.1, 0.15) is 12.4 Å². The molecule has 36 heavy (non-hydrogen) atoms. The predicted molar refractivity (Wildman–Crippen MR) is 135 cm³/mol. The molecule has 0 saturated heterocycles. The number of hydrogen-bond acceptors (Lipinski definition) is 7. The van der Waals surface area contributed by atoms with Crippen LogP contribution in [0.1, 0.15) is 16.7 Å². The van der Waals surface area contributed by atoms with Crippen molar-refractivity contribution in [1.82, 2.24) is 0 Å². The van der Waals surface area contributed by atoms with Gasteiger partial charge in [-0.15, -0.1) is 0 Å². The fraction of sp³-hybridized carbons (Fsp3) is 0.172. The first-order chi connectivity index (χ1) is 17.5. The molecule has 4 rings (SSSR count). The summed E-state index contributed by atoms with van der Waals surface area (Å²) in [6.45, 7) is 0.412. The van der Waals surface area contributed by atoms with Crippen molar-refractivity contribution in [2.45, 2.75) is 6.61 Å². The largest absolute Gasteiger partial charge is 0.493 e. The van der Waals surface area contributed by atoms with Crippen LogP contribution in [0.5, 0.6) is 17.2 Å². The highest BCUT2D eigenvalue weighted by molar-refractivity contribution is 6.46. The first-order valence-corrected chi connectivity index (χ1v) is 11.2. The smallest absolute Gasteiger partial charge is 0.232 e. The summed E-state index contributed by atoms with van der Waals surface area (Å²) in [7, 11) is 5.73. The minimum atomic E-state index is -0.472. The molecule has 3 aromatic rings. The molecule has 0 unspecified atom stereocenters. The van der Waals surface area contributed by atoms with Gasteiger partial charge in [-0.2, -0.15) is 0 Å². The Morgan fingerprint density at radius 3 is 1.69 bits per heavy atom. The zero-order valence-corrected chi connectivity index (χ0v) is 20.5. The SMILES string of the molecule is COC1=C(c2ccc(OCc3ccccc3)cc2)C(=O)C(OC)=C(c2ccc(OC)c(OC)c2)C1=O. The van der Waals surface area contributed by atoms with Crippen molar-refractivity contribution < 1.29 is 33.3 Å². The molecule has 0 fully saturated rings. The Morgan fingerprint density at radius 2 is 1.14 bits per heavy atom. The summed E-state index contributed by atoms with van der Waals surface area (Å²) in [5.74, 6) is 0.463. The zero-order chi connectivity index (χ0) is 25.7. The third-order valence-corrected chi connectivity index (χ3v) is 5.79. The number of allylic oxidation sites excluding steroid dienone is 2. The van der Waals surface area contributed by atoms with E-state index in [0.717, 1.165) is 5.56 Å². The minimum Gasteiger partial charge on any atom is -0.493 e. The lowest BCUT2D eigenvalue weighted by atomic mass is 9.86. The van der Waals surface area contributed by atoms with Crippen LogP contribution in [-0.2, 0) is 25.7 Å². The molecular weight excluding hydrogens is 460 g/mol. The normalized spacial score (nSPS) is 13.6. The van der Waals surface area contributed by atoms with Gasteiger partial charge in [0, 0.05) is 0 Å². The van der Waals surface area contributed by atoms with Gasteiger partial charge in [-0.3, -0.25) is 9.59 Å². The number of ether oxygens (including phenoxy) is 5. The fourth-order valence-electron chi connectivity index (χ4n) is 4.02. The predicted octanol–water partition coefficient (Wildman–Crippen LogP) is 4.85. The average Bonchev–Trinajstić information content (AvgIpc) is 2.93. The van der Waals surface area contributed by atoms with Crippen molar-refractivity contribution in [3.63, 3.8) is 0 Å². The number of hydrogen-bond donors (Lipinski definition) is 0. The van der Waals surface area contributed by atoms with Gasteiger partial charge in [-0.05, 0) is 41.0 Å². The molecule has 0 saturated carbocycles. The van der Waals surface area contributed by atoms with Crippen molar-refractivity contribution in [2.75, 3.05) is 28.4 Å². The van der Waals surface area contributed by atoms with Gasteiger partial charge in [-0.1, -0.05) is 48.5 Å². The summed E-state index contributed by atoms with van der Waals surface area (Å²) in [5, 5.41) is 0. The Kier molecular flexibility index (Phi) is 7.39. The number of benzene rings is 3. The molecule has 0 aromatic heterocycles. The number of Topliss-reactive ketones (excluding diaryl/α,β-unsaturated/α-hetero) is 2. The van der Waals surface area contributed by atoms with Gasteiger partial charge in [0.2, 0.25) is 11.6 Å². The van der Waals surface area contributed by atoms with E-state index < -0.39 is 11.6 Å². The van der Waals surface area contributed by atoms with Gasteiger partial charge in [0.05, 0.1) is 39.6 Å². The lowest BCUT2D eigenvalue weighted by Crippen LogP contribution is -2.24. The molecule has 0 N–H and O–H groups in total. The third-order valence-electron chi connectivity index (χ3n) is 5.79. The van der Waals surface area contributed by atoms with E-state index in [0.29, 0.717) is 35.0 Å². The molecule has 0 heterocycles. The first kappa shape index (κ1) is 24.6. The van der Waals surface area contributed by atoms with Crippen LogP contribution in [0, 0.1) is 0 Å².